The van der Waals surface area contributed by atoms with Gasteiger partial charge in [0, 0.05) is 16.6 Å². The lowest BCUT2D eigenvalue weighted by molar-refractivity contribution is -0.140. The maximum absolute atomic E-state index is 13.2. The van der Waals surface area contributed by atoms with Crippen LogP contribution in [0.25, 0.3) is 5.76 Å². The maximum atomic E-state index is 13.2. The van der Waals surface area contributed by atoms with Crippen LogP contribution in [0.5, 0.6) is 5.75 Å². The van der Waals surface area contributed by atoms with Crippen molar-refractivity contribution in [2.24, 2.45) is 0 Å². The number of aryl methyl sites for hydroxylation is 1. The molecule has 1 unspecified atom stereocenters. The zero-order valence-electron chi connectivity index (χ0n) is 19.4. The molecule has 176 valence electrons. The van der Waals surface area contributed by atoms with Gasteiger partial charge in [-0.05, 0) is 66.8 Å². The van der Waals surface area contributed by atoms with E-state index in [1.807, 2.05) is 30.5 Å². The number of carbonyl (C=O) groups excluding carboxylic acids is 2. The number of likely N-dealkylation sites (tertiary alicyclic amines) is 1. The number of aromatic nitrogens is 1. The molecule has 0 aliphatic carbocycles. The van der Waals surface area contributed by atoms with Gasteiger partial charge in [-0.2, -0.15) is 0 Å². The molecule has 3 heterocycles. The fraction of sp³-hybridized carbons (Fsp3) is 0.296. The molecule has 1 N–H and O–H groups in total. The number of hydrogen-bond donors (Lipinski definition) is 1. The Kier molecular flexibility index (Phi) is 7.43. The van der Waals surface area contributed by atoms with E-state index in [1.165, 1.54) is 16.2 Å². The van der Waals surface area contributed by atoms with Crippen LogP contribution in [0.1, 0.15) is 53.9 Å². The van der Waals surface area contributed by atoms with Crippen molar-refractivity contribution in [1.82, 2.24) is 9.88 Å². The number of aliphatic hydroxyl groups excluding tert-OH is 1. The maximum Gasteiger partial charge on any atom is 0.296 e. The van der Waals surface area contributed by atoms with Crippen LogP contribution in [0, 0.1) is 6.92 Å². The fourth-order valence-electron chi connectivity index (χ4n) is 4.05. The van der Waals surface area contributed by atoms with Crippen LogP contribution in [0.15, 0.2) is 65.7 Å². The molecule has 1 aromatic carbocycles. The smallest absolute Gasteiger partial charge is 0.296 e. The number of pyridine rings is 1. The van der Waals surface area contributed by atoms with Gasteiger partial charge in [-0.25, -0.2) is 0 Å². The number of hydrogen-bond acceptors (Lipinski definition) is 6. The summed E-state index contributed by atoms with van der Waals surface area (Å²) in [6.07, 6.45) is 4.87. The minimum Gasteiger partial charge on any atom is -0.507 e. The number of rotatable bonds is 9. The van der Waals surface area contributed by atoms with Crippen LogP contribution >= 0.6 is 11.3 Å². The Morgan fingerprint density at radius 3 is 2.56 bits per heavy atom. The zero-order valence-corrected chi connectivity index (χ0v) is 20.2. The lowest BCUT2D eigenvalue weighted by Gasteiger charge is -2.24. The Labute approximate surface area is 203 Å². The topological polar surface area (TPSA) is 79.7 Å². The summed E-state index contributed by atoms with van der Waals surface area (Å²) in [7, 11) is 0. The molecule has 1 atom stereocenters. The molecule has 4 rings (SSSR count). The van der Waals surface area contributed by atoms with Crippen LogP contribution in [0.2, 0.25) is 0 Å². The first-order valence-corrected chi connectivity index (χ1v) is 12.3. The second-order valence-electron chi connectivity index (χ2n) is 8.30. The molecule has 2 aromatic heterocycles. The molecule has 0 saturated carbocycles. The number of aliphatic hydroxyl groups is 1. The lowest BCUT2D eigenvalue weighted by Crippen LogP contribution is -2.29. The van der Waals surface area contributed by atoms with Gasteiger partial charge in [0.15, 0.2) is 0 Å². The van der Waals surface area contributed by atoms with Gasteiger partial charge in [-0.3, -0.25) is 14.6 Å². The highest BCUT2D eigenvalue weighted by atomic mass is 32.1. The minimum atomic E-state index is -0.689. The first-order chi connectivity index (χ1) is 16.5. The van der Waals surface area contributed by atoms with Gasteiger partial charge in [-0.15, -0.1) is 11.3 Å². The molecule has 1 fully saturated rings. The van der Waals surface area contributed by atoms with Gasteiger partial charge in [-0.1, -0.05) is 25.8 Å². The number of carbonyl (C=O) groups is 2. The molecular weight excluding hydrogens is 448 g/mol. The number of nitrogens with zero attached hydrogens (tertiary/aromatic N) is 2. The van der Waals surface area contributed by atoms with E-state index in [1.54, 1.807) is 36.5 Å². The largest absolute Gasteiger partial charge is 0.507 e. The van der Waals surface area contributed by atoms with Gasteiger partial charge in [0.2, 0.25) is 0 Å². The van der Waals surface area contributed by atoms with Crippen LogP contribution in [-0.4, -0.2) is 33.3 Å². The average Bonchev–Trinajstić information content (AvgIpc) is 3.38. The number of amides is 1. The van der Waals surface area contributed by atoms with Crippen LogP contribution in [0.3, 0.4) is 0 Å². The Hall–Kier alpha value is -3.45. The van der Waals surface area contributed by atoms with E-state index in [9.17, 15) is 14.7 Å². The summed E-state index contributed by atoms with van der Waals surface area (Å²) in [6.45, 7) is 4.89. The number of thiophene rings is 1. The minimum absolute atomic E-state index is 0.100. The van der Waals surface area contributed by atoms with Crippen LogP contribution in [0.4, 0.5) is 0 Å². The number of Topliss-reactive ketones (excluding diaryl/α,β-unsaturated/α-hetero) is 1. The third-order valence-electron chi connectivity index (χ3n) is 5.89. The van der Waals surface area contributed by atoms with E-state index < -0.39 is 17.7 Å². The van der Waals surface area contributed by atoms with Gasteiger partial charge >= 0.3 is 0 Å². The van der Waals surface area contributed by atoms with Crippen LogP contribution in [-0.2, 0) is 16.1 Å². The molecule has 6 nitrogen and oxygen atoms in total. The summed E-state index contributed by atoms with van der Waals surface area (Å²) in [4.78, 5) is 32.9. The van der Waals surface area contributed by atoms with Crippen molar-refractivity contribution in [3.05, 3.63) is 87.4 Å². The van der Waals surface area contributed by atoms with Crippen molar-refractivity contribution < 1.29 is 19.4 Å². The molecule has 0 radical (unpaired) electrons. The van der Waals surface area contributed by atoms with Crippen molar-refractivity contribution in [3.8, 4) is 5.75 Å². The highest BCUT2D eigenvalue weighted by Gasteiger charge is 2.47. The van der Waals surface area contributed by atoms with Crippen molar-refractivity contribution in [2.75, 3.05) is 6.61 Å². The van der Waals surface area contributed by atoms with E-state index in [0.29, 0.717) is 23.6 Å². The molecule has 0 spiro atoms. The summed E-state index contributed by atoms with van der Waals surface area (Å²) in [5.74, 6) is -0.807. The van der Waals surface area contributed by atoms with Crippen molar-refractivity contribution >= 4 is 28.8 Å². The van der Waals surface area contributed by atoms with Gasteiger partial charge in [0.05, 0.1) is 24.4 Å². The van der Waals surface area contributed by atoms with Crippen molar-refractivity contribution in [3.63, 3.8) is 0 Å². The van der Waals surface area contributed by atoms with Crippen LogP contribution < -0.4 is 4.74 Å². The number of benzene rings is 1. The second-order valence-corrected chi connectivity index (χ2v) is 9.24. The highest BCUT2D eigenvalue weighted by Crippen LogP contribution is 2.43. The van der Waals surface area contributed by atoms with Crippen molar-refractivity contribution in [1.29, 1.82) is 0 Å². The Balaban J connectivity index is 1.69. The fourth-order valence-corrected chi connectivity index (χ4v) is 5.10. The standard InChI is InChI=1S/C27H28N2O4S/c1-3-4-7-15-33-21-11-9-19(10-12-21)24(30)22-23(26-18(2)13-16-34-26)29(27(32)25(22)31)17-20-8-5-6-14-28-20/h5-6,8-14,16,23,30H,3-4,7,15,17H2,1-2H3/b24-22-. The van der Waals surface area contributed by atoms with Crippen molar-refractivity contribution in [2.45, 2.75) is 45.7 Å². The molecule has 34 heavy (non-hydrogen) atoms. The summed E-state index contributed by atoms with van der Waals surface area (Å²) in [6, 6.07) is 13.7. The van der Waals surface area contributed by atoms with E-state index in [2.05, 4.69) is 11.9 Å². The SMILES string of the molecule is CCCCCOc1ccc(/C(O)=C2/C(=O)C(=O)N(Cc3ccccn3)C2c2sccc2C)cc1. The first-order valence-electron chi connectivity index (χ1n) is 11.5. The average molecular weight is 477 g/mol. The second kappa shape index (κ2) is 10.7. The normalized spacial score (nSPS) is 17.4. The first kappa shape index (κ1) is 23.7. The van der Waals surface area contributed by atoms with Gasteiger partial charge < -0.3 is 14.7 Å². The highest BCUT2D eigenvalue weighted by molar-refractivity contribution is 7.10. The summed E-state index contributed by atoms with van der Waals surface area (Å²) in [5, 5.41) is 13.1. The number of unbranched alkanes of at least 4 members (excludes halogenated alkanes) is 2. The molecular formula is C27H28N2O4S. The molecule has 1 saturated heterocycles. The molecule has 1 aliphatic rings. The summed E-state index contributed by atoms with van der Waals surface area (Å²) < 4.78 is 5.75. The lowest BCUT2D eigenvalue weighted by atomic mass is 9.98. The zero-order chi connectivity index (χ0) is 24.1. The summed E-state index contributed by atoms with van der Waals surface area (Å²) >= 11 is 1.47. The van der Waals surface area contributed by atoms with E-state index in [0.717, 1.165) is 29.7 Å². The Morgan fingerprint density at radius 2 is 1.91 bits per heavy atom. The molecule has 7 heteroatoms. The molecule has 1 aliphatic heterocycles. The monoisotopic (exact) mass is 476 g/mol. The predicted octanol–water partition coefficient (Wildman–Crippen LogP) is 5.64. The number of ether oxygens (including phenoxy) is 1. The predicted molar refractivity (Wildman–Crippen MR) is 133 cm³/mol. The molecule has 3 aromatic rings. The van der Waals surface area contributed by atoms with E-state index >= 15 is 0 Å². The van der Waals surface area contributed by atoms with Gasteiger partial charge in [0.1, 0.15) is 17.6 Å². The van der Waals surface area contributed by atoms with E-state index in [-0.39, 0.29) is 17.9 Å². The third-order valence-corrected chi connectivity index (χ3v) is 6.96. The van der Waals surface area contributed by atoms with Gasteiger partial charge in [0.25, 0.3) is 11.7 Å². The third kappa shape index (κ3) is 4.89. The molecule has 1 amide bonds. The Bertz CT molecular complexity index is 1180. The molecule has 0 bridgehead atoms. The van der Waals surface area contributed by atoms with E-state index in [4.69, 9.17) is 4.74 Å². The number of ketones is 1. The quantitative estimate of drug-likeness (QED) is 0.187. The Morgan fingerprint density at radius 1 is 1.12 bits per heavy atom. The summed E-state index contributed by atoms with van der Waals surface area (Å²) in [5.41, 5.74) is 2.21.